The number of alkyl carbamates (subject to hydrolysis) is 1. The minimum Gasteiger partial charge on any atom is -0.744 e. The summed E-state index contributed by atoms with van der Waals surface area (Å²) in [5, 5.41) is 20.7. The highest BCUT2D eigenvalue weighted by Gasteiger charge is 2.32. The molecule has 0 saturated heterocycles. The van der Waals surface area contributed by atoms with Gasteiger partial charge in [-0.05, 0) is 68.0 Å². The van der Waals surface area contributed by atoms with Crippen LogP contribution in [0.1, 0.15) is 52.8 Å². The number of aromatic carboxylic acids is 1. The van der Waals surface area contributed by atoms with Crippen molar-refractivity contribution >= 4 is 54.9 Å². The van der Waals surface area contributed by atoms with Crippen LogP contribution in [0.3, 0.4) is 0 Å². The molecule has 8 N–H and O–H groups in total. The smallest absolute Gasteiger partial charge is 0.407 e. The first-order valence-corrected chi connectivity index (χ1v) is 20.2. The van der Waals surface area contributed by atoms with Crippen molar-refractivity contribution in [3.63, 3.8) is 0 Å². The van der Waals surface area contributed by atoms with Gasteiger partial charge in [0, 0.05) is 41.2 Å². The monoisotopic (exact) mass is 816 g/mol. The van der Waals surface area contributed by atoms with Crippen LogP contribution in [0.2, 0.25) is 0 Å². The van der Waals surface area contributed by atoms with E-state index in [-0.39, 0.29) is 73.3 Å². The molecular formula is C36H40N4O14S2. The molecule has 20 heteroatoms. The lowest BCUT2D eigenvalue weighted by atomic mass is 9.89. The summed E-state index contributed by atoms with van der Waals surface area (Å²) < 4.78 is 93.9. The number of carbonyl (C=O) groups is 3. The molecule has 2 amide bonds. The second kappa shape index (κ2) is 18.0. The van der Waals surface area contributed by atoms with Gasteiger partial charge < -0.3 is 44.7 Å². The van der Waals surface area contributed by atoms with Gasteiger partial charge in [0.1, 0.15) is 21.1 Å². The Kier molecular flexibility index (Phi) is 13.5. The summed E-state index contributed by atoms with van der Waals surface area (Å²) in [6.07, 6.45) is 8.06. The zero-order valence-corrected chi connectivity index (χ0v) is 31.4. The summed E-state index contributed by atoms with van der Waals surface area (Å²) in [5.41, 5.74) is 3.56. The number of benzene rings is 3. The van der Waals surface area contributed by atoms with Gasteiger partial charge >= 0.3 is 22.2 Å². The maximum atomic E-state index is 13.0. The zero-order valence-electron chi connectivity index (χ0n) is 29.8. The first kappa shape index (κ1) is 41.8. The maximum Gasteiger partial charge on any atom is 0.407 e. The molecule has 2 aromatic rings. The van der Waals surface area contributed by atoms with E-state index in [0.29, 0.717) is 0 Å². The molecule has 0 aromatic heterocycles. The second-order valence-electron chi connectivity index (χ2n) is 12.6. The molecule has 0 saturated carbocycles. The fourth-order valence-corrected chi connectivity index (χ4v) is 7.70. The van der Waals surface area contributed by atoms with Crippen molar-refractivity contribution in [2.24, 2.45) is 0 Å². The van der Waals surface area contributed by atoms with E-state index in [1.165, 1.54) is 24.3 Å². The van der Waals surface area contributed by atoms with Gasteiger partial charge in [0.05, 0.1) is 37.7 Å². The Bertz CT molecular complexity index is 2410. The summed E-state index contributed by atoms with van der Waals surface area (Å²) in [7, 11) is -10.5. The van der Waals surface area contributed by atoms with Gasteiger partial charge in [-0.2, -0.15) is 8.42 Å². The molecule has 0 fully saturated rings. The quantitative estimate of drug-likeness (QED) is 0.0327. The minimum absolute atomic E-state index is 0.0382. The average Bonchev–Trinajstić information content (AvgIpc) is 3.10. The van der Waals surface area contributed by atoms with Crippen LogP contribution in [0.5, 0.6) is 0 Å². The second-order valence-corrected chi connectivity index (χ2v) is 15.3. The predicted molar refractivity (Wildman–Crippen MR) is 197 cm³/mol. The van der Waals surface area contributed by atoms with Gasteiger partial charge in [-0.15, -0.1) is 0 Å². The van der Waals surface area contributed by atoms with Crippen LogP contribution in [-0.2, 0) is 34.4 Å². The molecule has 1 heterocycles. The van der Waals surface area contributed by atoms with Crippen LogP contribution < -0.4 is 27.1 Å². The Morgan fingerprint density at radius 1 is 0.893 bits per heavy atom. The number of nitrogens with one attached hydrogen (secondary N) is 2. The van der Waals surface area contributed by atoms with E-state index < -0.39 is 75.9 Å². The number of fused-ring (bicyclic) bond motifs is 2. The fraction of sp³-hybridized carbons (Fsp3) is 0.333. The van der Waals surface area contributed by atoms with Crippen LogP contribution in [-0.4, -0.2) is 94.6 Å². The number of carboxylic acid groups (broad SMARTS) is 1. The number of anilines is 1. The molecule has 300 valence electrons. The third kappa shape index (κ3) is 10.1. The molecule has 3 aliphatic rings. The van der Waals surface area contributed by atoms with E-state index >= 15 is 0 Å². The van der Waals surface area contributed by atoms with Gasteiger partial charge in [-0.3, -0.25) is 14.8 Å². The molecule has 0 bridgehead atoms. The number of hydrogen-bond acceptors (Lipinski definition) is 13. The number of rotatable bonds is 15. The van der Waals surface area contributed by atoms with Crippen LogP contribution in [0.4, 0.5) is 10.5 Å². The molecule has 5 rings (SSSR count). The van der Waals surface area contributed by atoms with Crippen molar-refractivity contribution in [1.82, 2.24) is 10.6 Å². The largest absolute Gasteiger partial charge is 0.744 e. The lowest BCUT2D eigenvalue weighted by molar-refractivity contribution is -0.176. The molecule has 56 heavy (non-hydrogen) atoms. The highest BCUT2D eigenvalue weighted by Crippen LogP contribution is 2.45. The number of carboxylic acids is 1. The van der Waals surface area contributed by atoms with Crippen molar-refractivity contribution in [3.05, 3.63) is 71.1 Å². The highest BCUT2D eigenvalue weighted by molar-refractivity contribution is 7.86. The minimum atomic E-state index is -5.38. The van der Waals surface area contributed by atoms with E-state index in [4.69, 9.17) is 29.8 Å². The molecule has 0 radical (unpaired) electrons. The Morgan fingerprint density at radius 3 is 2.25 bits per heavy atom. The van der Waals surface area contributed by atoms with E-state index in [9.17, 15) is 45.4 Å². The summed E-state index contributed by atoms with van der Waals surface area (Å²) in [6.45, 7) is 1.01. The van der Waals surface area contributed by atoms with Crippen LogP contribution >= 0.6 is 0 Å². The lowest BCUT2D eigenvalue weighted by Gasteiger charge is -2.21. The van der Waals surface area contributed by atoms with Gasteiger partial charge in [0.15, 0.2) is 11.3 Å². The van der Waals surface area contributed by atoms with E-state index in [1.54, 1.807) is 0 Å². The standard InChI is InChI=1S/C36H40N4O14S2/c37-27-12-10-24-29(25-11-13-28(38)33(56(48,49)50)31(25)54-30(24)32(27)55(45,46)47)23-9-8-21(20-26(23)35(42)43)34(41)39-14-16-51-18-19-52-17-15-40-36(44)53-22-6-4-2-1-3-5-7-22/h1-2,8-13,20,22,37H,3-7,14-19,38H2,(H,39,41)(H,40,44)(H,42,43)(H,45,46,47)(H,48,49,50)/b2-1+,37-27?. The number of carbonyl (C=O) groups excluding carboxylic acids is 2. The molecule has 1 atom stereocenters. The topological polar surface area (TPSA) is 300 Å². The summed E-state index contributed by atoms with van der Waals surface area (Å²) in [5.74, 6) is -2.89. The average molecular weight is 817 g/mol. The molecule has 1 aliphatic heterocycles. The summed E-state index contributed by atoms with van der Waals surface area (Å²) in [6, 6.07) is 8.22. The van der Waals surface area contributed by atoms with Crippen LogP contribution in [0, 0.1) is 0 Å². The normalized spacial score (nSPS) is 15.5. The third-order valence-electron chi connectivity index (χ3n) is 8.73. The molecular weight excluding hydrogens is 777 g/mol. The van der Waals surface area contributed by atoms with Crippen molar-refractivity contribution in [3.8, 4) is 22.5 Å². The number of amides is 2. The van der Waals surface area contributed by atoms with Gasteiger partial charge in [-0.25, -0.2) is 18.0 Å². The molecule has 1 unspecified atom stereocenters. The first-order valence-electron chi connectivity index (χ1n) is 17.3. The van der Waals surface area contributed by atoms with E-state index in [1.807, 2.05) is 0 Å². The van der Waals surface area contributed by atoms with Crippen molar-refractivity contribution in [1.29, 1.82) is 0 Å². The van der Waals surface area contributed by atoms with E-state index in [2.05, 4.69) is 22.8 Å². The predicted octanol–water partition coefficient (Wildman–Crippen LogP) is 1.67. The van der Waals surface area contributed by atoms with Crippen LogP contribution in [0.25, 0.3) is 33.4 Å². The number of ether oxygens (including phenoxy) is 3. The number of hydrogen-bond donors (Lipinski definition) is 6. The third-order valence-corrected chi connectivity index (χ3v) is 10.6. The Hall–Kier alpha value is -5.38. The van der Waals surface area contributed by atoms with E-state index in [0.717, 1.165) is 50.3 Å². The highest BCUT2D eigenvalue weighted by atomic mass is 32.2. The van der Waals surface area contributed by atoms with Crippen molar-refractivity contribution in [2.75, 3.05) is 45.3 Å². The Morgan fingerprint density at radius 2 is 1.57 bits per heavy atom. The first-order chi connectivity index (χ1) is 26.6. The number of nitrogens with two attached hydrogens (primary N) is 2. The van der Waals surface area contributed by atoms with Crippen molar-refractivity contribution < 1.29 is 69.5 Å². The fourth-order valence-electron chi connectivity index (χ4n) is 6.22. The lowest BCUT2D eigenvalue weighted by Crippen LogP contribution is -2.47. The number of allylic oxidation sites excluding steroid dienone is 2. The molecule has 2 aromatic carbocycles. The van der Waals surface area contributed by atoms with Gasteiger partial charge in [0.25, 0.3) is 5.91 Å². The summed E-state index contributed by atoms with van der Waals surface area (Å²) in [4.78, 5) is 35.7. The SMILES string of the molecule is Nc1ccc2c(-c3ccc(C(=O)NCCOCCOCCNC(=O)OC4CC/C=C/CCC4)cc3C(=O)O)c3ccc(=[NH2+])c(S(=O)(=O)O)c-3oc2c1S(=O)(=O)[O-]. The van der Waals surface area contributed by atoms with Gasteiger partial charge in [0.2, 0.25) is 10.3 Å². The van der Waals surface area contributed by atoms with Gasteiger partial charge in [-0.1, -0.05) is 18.2 Å². The van der Waals surface area contributed by atoms with Crippen LogP contribution in [0.15, 0.2) is 68.8 Å². The molecule has 18 nitrogen and oxygen atoms in total. The molecule has 0 spiro atoms. The molecule has 2 aliphatic carbocycles. The summed E-state index contributed by atoms with van der Waals surface area (Å²) >= 11 is 0. The Labute approximate surface area is 321 Å². The maximum absolute atomic E-state index is 13.0. The number of nitrogen functional groups attached to an aromatic ring is 1. The van der Waals surface area contributed by atoms with Crippen molar-refractivity contribution in [2.45, 2.75) is 48.0 Å². The Balaban J connectivity index is 1.25. The zero-order chi connectivity index (χ0) is 40.6.